The number of nitrogens with zero attached hydrogens (tertiary/aromatic N) is 4. The number of ether oxygens (including phenoxy) is 1. The number of pyridine rings is 1. The minimum Gasteiger partial charge on any atom is -0.473 e. The zero-order chi connectivity index (χ0) is 26.8. The summed E-state index contributed by atoms with van der Waals surface area (Å²) in [6.07, 6.45) is -0.337. The Morgan fingerprint density at radius 2 is 1.92 bits per heavy atom. The highest BCUT2D eigenvalue weighted by Gasteiger charge is 2.36. The zero-order valence-corrected chi connectivity index (χ0v) is 21.6. The van der Waals surface area contributed by atoms with Gasteiger partial charge in [-0.2, -0.15) is 13.2 Å². The van der Waals surface area contributed by atoms with Crippen LogP contribution < -0.4 is 9.46 Å². The predicted molar refractivity (Wildman–Crippen MR) is 132 cm³/mol. The fourth-order valence-corrected chi connectivity index (χ4v) is 5.91. The minimum atomic E-state index is -4.40. The molecule has 2 heterocycles. The van der Waals surface area contributed by atoms with Gasteiger partial charge in [-0.25, -0.2) is 23.4 Å². The molecule has 0 amide bonds. The third-order valence-electron chi connectivity index (χ3n) is 6.27. The number of nitrogens with one attached hydrogen (secondary N) is 1. The first-order valence-electron chi connectivity index (χ1n) is 11.4. The van der Waals surface area contributed by atoms with Gasteiger partial charge in [0.25, 0.3) is 10.0 Å². The first kappa shape index (κ1) is 27.1. The number of anilines is 1. The van der Waals surface area contributed by atoms with Crippen LogP contribution in [0.2, 0.25) is 5.15 Å². The van der Waals surface area contributed by atoms with E-state index in [-0.39, 0.29) is 39.8 Å². The second-order valence-corrected chi connectivity index (χ2v) is 11.0. The third kappa shape index (κ3) is 6.49. The Kier molecular flexibility index (Phi) is 7.91. The van der Waals surface area contributed by atoms with Crippen molar-refractivity contribution in [1.29, 1.82) is 0 Å². The average molecular weight is 556 g/mol. The summed E-state index contributed by atoms with van der Waals surface area (Å²) in [6.45, 7) is 0. The zero-order valence-electron chi connectivity index (χ0n) is 20.0. The quantitative estimate of drug-likeness (QED) is 0.410. The van der Waals surface area contributed by atoms with Gasteiger partial charge in [0.2, 0.25) is 5.88 Å². The molecule has 1 aliphatic carbocycles. The molecule has 3 aromatic rings. The van der Waals surface area contributed by atoms with E-state index in [0.717, 1.165) is 6.07 Å². The predicted octanol–water partition coefficient (Wildman–Crippen LogP) is 4.99. The van der Waals surface area contributed by atoms with E-state index in [1.807, 2.05) is 19.0 Å². The summed E-state index contributed by atoms with van der Waals surface area (Å²) in [6, 6.07) is 9.46. The van der Waals surface area contributed by atoms with E-state index in [0.29, 0.717) is 24.8 Å². The van der Waals surface area contributed by atoms with E-state index in [1.54, 1.807) is 6.07 Å². The first-order chi connectivity index (χ1) is 17.4. The van der Waals surface area contributed by atoms with Crippen molar-refractivity contribution in [3.05, 3.63) is 71.3 Å². The van der Waals surface area contributed by atoms with Crippen molar-refractivity contribution in [2.24, 2.45) is 0 Å². The molecule has 13 heteroatoms. The Bertz CT molecular complexity index is 1340. The number of hydrogen-bond acceptors (Lipinski definition) is 7. The molecule has 1 aliphatic rings. The second-order valence-electron chi connectivity index (χ2n) is 8.96. The van der Waals surface area contributed by atoms with Gasteiger partial charge >= 0.3 is 6.18 Å². The van der Waals surface area contributed by atoms with Crippen LogP contribution >= 0.6 is 11.6 Å². The molecule has 0 spiro atoms. The number of alkyl halides is 3. The lowest BCUT2D eigenvalue weighted by atomic mass is 9.79. The maximum atomic E-state index is 13.2. The number of aromatic nitrogens is 3. The summed E-state index contributed by atoms with van der Waals surface area (Å²) in [7, 11) is -0.290. The molecule has 0 radical (unpaired) electrons. The van der Waals surface area contributed by atoms with Gasteiger partial charge in [0.05, 0.1) is 5.56 Å². The van der Waals surface area contributed by atoms with E-state index in [4.69, 9.17) is 16.3 Å². The summed E-state index contributed by atoms with van der Waals surface area (Å²) in [4.78, 5) is 13.4. The fourth-order valence-electron chi connectivity index (χ4n) is 4.44. The largest absolute Gasteiger partial charge is 0.473 e. The molecule has 37 heavy (non-hydrogen) atoms. The molecule has 1 saturated carbocycles. The molecule has 1 aromatic carbocycles. The van der Waals surface area contributed by atoms with Crippen LogP contribution in [0.5, 0.6) is 5.88 Å². The summed E-state index contributed by atoms with van der Waals surface area (Å²) in [5, 5.41) is -0.266. The third-order valence-corrected chi connectivity index (χ3v) is 8.06. The molecule has 0 saturated heterocycles. The van der Waals surface area contributed by atoms with Crippen LogP contribution in [0.3, 0.4) is 0 Å². The maximum Gasteiger partial charge on any atom is 0.416 e. The lowest BCUT2D eigenvalue weighted by Gasteiger charge is -2.39. The normalized spacial score (nSPS) is 20.6. The minimum absolute atomic E-state index is 0.0634. The molecule has 2 aromatic heterocycles. The molecule has 1 fully saturated rings. The van der Waals surface area contributed by atoms with Crippen molar-refractivity contribution in [2.75, 3.05) is 18.8 Å². The number of halogens is 4. The molecule has 3 unspecified atom stereocenters. The number of likely N-dealkylation sites (N-methyl/N-ethyl adjacent to an activating group) is 1. The van der Waals surface area contributed by atoms with Gasteiger partial charge in [-0.1, -0.05) is 29.8 Å². The lowest BCUT2D eigenvalue weighted by Crippen LogP contribution is -2.46. The van der Waals surface area contributed by atoms with Gasteiger partial charge in [-0.15, -0.1) is 0 Å². The van der Waals surface area contributed by atoms with Crippen LogP contribution in [0.1, 0.15) is 36.3 Å². The molecule has 0 aliphatic heterocycles. The number of hydrogen-bond donors (Lipinski definition) is 1. The van der Waals surface area contributed by atoms with Crippen LogP contribution in [0.15, 0.2) is 59.9 Å². The summed E-state index contributed by atoms with van der Waals surface area (Å²) >= 11 is 6.21. The van der Waals surface area contributed by atoms with Crippen LogP contribution in [0.25, 0.3) is 0 Å². The van der Waals surface area contributed by atoms with E-state index < -0.39 is 21.8 Å². The average Bonchev–Trinajstić information content (AvgIpc) is 2.84. The molecule has 1 N–H and O–H groups in total. The standard InChI is InChI=1S/C24H25ClF3N5O3S/c1-33(2)18-13-16(15-4-3-5-17(12-15)24(26,27)28)6-7-19(18)36-22-9-8-20(23(25)31-22)37(34,35)32-21-10-11-29-14-30-21/h3-5,8-12,14,16,18-19H,6-7,13H2,1-2H3,(H,29,30,32). The fraction of sp³-hybridized carbons (Fsp3) is 0.375. The van der Waals surface area contributed by atoms with Crippen molar-refractivity contribution in [2.45, 2.75) is 48.4 Å². The number of rotatable bonds is 7. The van der Waals surface area contributed by atoms with E-state index in [1.165, 1.54) is 42.9 Å². The van der Waals surface area contributed by atoms with Crippen molar-refractivity contribution in [3.8, 4) is 5.88 Å². The monoisotopic (exact) mass is 555 g/mol. The van der Waals surface area contributed by atoms with Crippen molar-refractivity contribution < 1.29 is 26.3 Å². The molecule has 4 rings (SSSR count). The van der Waals surface area contributed by atoms with Crippen LogP contribution in [-0.2, 0) is 16.2 Å². The van der Waals surface area contributed by atoms with Crippen molar-refractivity contribution in [3.63, 3.8) is 0 Å². The van der Waals surface area contributed by atoms with Crippen LogP contribution in [-0.4, -0.2) is 54.5 Å². The summed E-state index contributed by atoms with van der Waals surface area (Å²) in [5.74, 6) is 0.171. The van der Waals surface area contributed by atoms with E-state index >= 15 is 0 Å². The maximum absolute atomic E-state index is 13.2. The van der Waals surface area contributed by atoms with E-state index in [2.05, 4.69) is 19.7 Å². The Balaban J connectivity index is 1.48. The highest BCUT2D eigenvalue weighted by molar-refractivity contribution is 7.92. The summed E-state index contributed by atoms with van der Waals surface area (Å²) in [5.41, 5.74) is -0.0140. The van der Waals surface area contributed by atoms with Gasteiger partial charge < -0.3 is 9.64 Å². The molecule has 0 bridgehead atoms. The van der Waals surface area contributed by atoms with Crippen molar-refractivity contribution >= 4 is 27.4 Å². The lowest BCUT2D eigenvalue weighted by molar-refractivity contribution is -0.137. The Hall–Kier alpha value is -2.96. The molecular weight excluding hydrogens is 531 g/mol. The first-order valence-corrected chi connectivity index (χ1v) is 13.3. The molecule has 198 valence electrons. The molecule has 3 atom stereocenters. The number of benzene rings is 1. The van der Waals surface area contributed by atoms with E-state index in [9.17, 15) is 21.6 Å². The van der Waals surface area contributed by atoms with Crippen molar-refractivity contribution in [1.82, 2.24) is 19.9 Å². The smallest absolute Gasteiger partial charge is 0.416 e. The van der Waals surface area contributed by atoms with Gasteiger partial charge in [0.1, 0.15) is 23.1 Å². The van der Waals surface area contributed by atoms with Gasteiger partial charge in [0, 0.05) is 18.3 Å². The summed E-state index contributed by atoms with van der Waals surface area (Å²) < 4.78 is 73.4. The highest BCUT2D eigenvalue weighted by atomic mass is 35.5. The highest BCUT2D eigenvalue weighted by Crippen LogP contribution is 2.39. The van der Waals surface area contributed by atoms with Gasteiger partial charge in [0.15, 0.2) is 5.15 Å². The molecular formula is C24H25ClF3N5O3S. The topological polar surface area (TPSA) is 97.3 Å². The second kappa shape index (κ2) is 10.8. The van der Waals surface area contributed by atoms with Gasteiger partial charge in [-0.3, -0.25) is 4.72 Å². The Morgan fingerprint density at radius 1 is 1.14 bits per heavy atom. The Morgan fingerprint density at radius 3 is 2.57 bits per heavy atom. The SMILES string of the molecule is CN(C)C1CC(c2cccc(C(F)(F)F)c2)CCC1Oc1ccc(S(=O)(=O)Nc2ccncn2)c(Cl)n1. The number of sulfonamides is 1. The van der Waals surface area contributed by atoms with Crippen LogP contribution in [0.4, 0.5) is 19.0 Å². The molecule has 8 nitrogen and oxygen atoms in total. The van der Waals surface area contributed by atoms with Crippen LogP contribution in [0, 0.1) is 0 Å². The van der Waals surface area contributed by atoms with Gasteiger partial charge in [-0.05, 0) is 63.0 Å². The Labute approximate surface area is 217 Å².